The van der Waals surface area contributed by atoms with Crippen molar-refractivity contribution in [2.75, 3.05) is 26.7 Å². The molecule has 0 aromatic rings. The molecule has 1 aliphatic heterocycles. The van der Waals surface area contributed by atoms with Crippen LogP contribution >= 0.6 is 0 Å². The van der Waals surface area contributed by atoms with Crippen molar-refractivity contribution in [1.29, 1.82) is 0 Å². The molecule has 0 aromatic carbocycles. The summed E-state index contributed by atoms with van der Waals surface area (Å²) < 4.78 is 0. The third kappa shape index (κ3) is 3.56. The third-order valence-corrected chi connectivity index (χ3v) is 3.26. The van der Waals surface area contributed by atoms with Crippen LogP contribution in [0.1, 0.15) is 27.2 Å². The van der Waals surface area contributed by atoms with E-state index in [4.69, 9.17) is 0 Å². The summed E-state index contributed by atoms with van der Waals surface area (Å²) in [4.78, 5) is 2.36. The van der Waals surface area contributed by atoms with Gasteiger partial charge in [0.1, 0.15) is 0 Å². The fourth-order valence-corrected chi connectivity index (χ4v) is 1.79. The van der Waals surface area contributed by atoms with Crippen LogP contribution in [-0.2, 0) is 0 Å². The summed E-state index contributed by atoms with van der Waals surface area (Å²) >= 11 is 0. The number of likely N-dealkylation sites (tertiary alicyclic amines) is 1. The van der Waals surface area contributed by atoms with Gasteiger partial charge in [0.25, 0.3) is 0 Å². The SMILES string of the molecule is CC(NCC1CCN(C)C1)C(C)(C)O. The zero-order chi connectivity index (χ0) is 10.8. The molecule has 0 aromatic heterocycles. The van der Waals surface area contributed by atoms with Crippen molar-refractivity contribution in [2.45, 2.75) is 38.8 Å². The van der Waals surface area contributed by atoms with Crippen LogP contribution < -0.4 is 5.32 Å². The quantitative estimate of drug-likeness (QED) is 0.701. The van der Waals surface area contributed by atoms with Crippen molar-refractivity contribution in [2.24, 2.45) is 5.92 Å². The first kappa shape index (κ1) is 12.0. The predicted molar refractivity (Wildman–Crippen MR) is 59.4 cm³/mol. The monoisotopic (exact) mass is 200 g/mol. The molecule has 1 aliphatic rings. The van der Waals surface area contributed by atoms with Gasteiger partial charge in [-0.15, -0.1) is 0 Å². The van der Waals surface area contributed by atoms with E-state index in [0.717, 1.165) is 12.5 Å². The molecule has 2 atom stereocenters. The minimum atomic E-state index is -0.621. The molecular formula is C11H24N2O. The lowest BCUT2D eigenvalue weighted by atomic mass is 10.00. The van der Waals surface area contributed by atoms with E-state index < -0.39 is 5.60 Å². The molecule has 0 aliphatic carbocycles. The van der Waals surface area contributed by atoms with Crippen molar-refractivity contribution in [3.8, 4) is 0 Å². The van der Waals surface area contributed by atoms with Gasteiger partial charge in [-0.2, -0.15) is 0 Å². The Hall–Kier alpha value is -0.120. The van der Waals surface area contributed by atoms with Crippen LogP contribution in [0.4, 0.5) is 0 Å². The molecule has 1 saturated heterocycles. The van der Waals surface area contributed by atoms with Crippen LogP contribution in [0.2, 0.25) is 0 Å². The Balaban J connectivity index is 2.21. The molecule has 0 amide bonds. The number of rotatable bonds is 4. The first-order valence-electron chi connectivity index (χ1n) is 5.54. The summed E-state index contributed by atoms with van der Waals surface area (Å²) in [6.07, 6.45) is 1.28. The molecule has 2 unspecified atom stereocenters. The fraction of sp³-hybridized carbons (Fsp3) is 1.00. The van der Waals surface area contributed by atoms with Gasteiger partial charge in [0.2, 0.25) is 0 Å². The smallest absolute Gasteiger partial charge is 0.0741 e. The van der Waals surface area contributed by atoms with E-state index in [-0.39, 0.29) is 6.04 Å². The second kappa shape index (κ2) is 4.60. The molecule has 84 valence electrons. The molecule has 0 radical (unpaired) electrons. The summed E-state index contributed by atoms with van der Waals surface area (Å²) in [6.45, 7) is 9.17. The Kier molecular flexibility index (Phi) is 3.93. The largest absolute Gasteiger partial charge is 0.389 e. The number of aliphatic hydroxyl groups is 1. The van der Waals surface area contributed by atoms with Gasteiger partial charge in [-0.1, -0.05) is 0 Å². The van der Waals surface area contributed by atoms with E-state index >= 15 is 0 Å². The minimum absolute atomic E-state index is 0.161. The molecule has 1 fully saturated rings. The van der Waals surface area contributed by atoms with Crippen LogP contribution in [-0.4, -0.2) is 48.3 Å². The normalized spacial score (nSPS) is 26.8. The van der Waals surface area contributed by atoms with Gasteiger partial charge in [-0.25, -0.2) is 0 Å². The van der Waals surface area contributed by atoms with Gasteiger partial charge in [0.05, 0.1) is 5.60 Å². The topological polar surface area (TPSA) is 35.5 Å². The maximum absolute atomic E-state index is 9.74. The molecule has 3 heteroatoms. The molecule has 1 rings (SSSR count). The second-order valence-corrected chi connectivity index (χ2v) is 5.20. The average molecular weight is 200 g/mol. The summed E-state index contributed by atoms with van der Waals surface area (Å²) in [5.74, 6) is 0.754. The van der Waals surface area contributed by atoms with Crippen molar-refractivity contribution in [1.82, 2.24) is 10.2 Å². The Morgan fingerprint density at radius 3 is 2.64 bits per heavy atom. The van der Waals surface area contributed by atoms with E-state index in [1.54, 1.807) is 0 Å². The van der Waals surface area contributed by atoms with E-state index in [1.165, 1.54) is 19.5 Å². The molecule has 14 heavy (non-hydrogen) atoms. The zero-order valence-electron chi connectivity index (χ0n) is 9.88. The third-order valence-electron chi connectivity index (χ3n) is 3.26. The maximum atomic E-state index is 9.74. The summed E-state index contributed by atoms with van der Waals surface area (Å²) in [7, 11) is 2.17. The number of hydrogen-bond donors (Lipinski definition) is 2. The standard InChI is InChI=1S/C11H24N2O/c1-9(11(2,3)14)12-7-10-5-6-13(4)8-10/h9-10,12,14H,5-8H2,1-4H3. The molecular weight excluding hydrogens is 176 g/mol. The highest BCUT2D eigenvalue weighted by Crippen LogP contribution is 2.14. The lowest BCUT2D eigenvalue weighted by Gasteiger charge is -2.28. The maximum Gasteiger partial charge on any atom is 0.0741 e. The zero-order valence-corrected chi connectivity index (χ0v) is 9.88. The highest BCUT2D eigenvalue weighted by atomic mass is 16.3. The predicted octanol–water partition coefficient (Wildman–Crippen LogP) is 0.687. The van der Waals surface area contributed by atoms with Crippen molar-refractivity contribution >= 4 is 0 Å². The van der Waals surface area contributed by atoms with E-state index in [0.29, 0.717) is 0 Å². The van der Waals surface area contributed by atoms with E-state index in [9.17, 15) is 5.11 Å². The lowest BCUT2D eigenvalue weighted by molar-refractivity contribution is 0.0430. The van der Waals surface area contributed by atoms with Gasteiger partial charge < -0.3 is 15.3 Å². The summed E-state index contributed by atoms with van der Waals surface area (Å²) in [5.41, 5.74) is -0.621. The number of hydrogen-bond acceptors (Lipinski definition) is 3. The van der Waals surface area contributed by atoms with Gasteiger partial charge >= 0.3 is 0 Å². The van der Waals surface area contributed by atoms with Crippen molar-refractivity contribution in [3.63, 3.8) is 0 Å². The summed E-state index contributed by atoms with van der Waals surface area (Å²) in [5, 5.41) is 13.1. The molecule has 0 saturated carbocycles. The van der Waals surface area contributed by atoms with E-state index in [2.05, 4.69) is 17.3 Å². The Bertz CT molecular complexity index is 177. The van der Waals surface area contributed by atoms with Gasteiger partial charge in [-0.05, 0) is 53.2 Å². The molecule has 0 bridgehead atoms. The Labute approximate surface area is 87.5 Å². The Morgan fingerprint density at radius 1 is 1.57 bits per heavy atom. The average Bonchev–Trinajstić information content (AvgIpc) is 2.45. The van der Waals surface area contributed by atoms with Crippen LogP contribution in [0.5, 0.6) is 0 Å². The molecule has 3 nitrogen and oxygen atoms in total. The lowest BCUT2D eigenvalue weighted by Crippen LogP contribution is -2.46. The first-order valence-corrected chi connectivity index (χ1v) is 5.54. The van der Waals surface area contributed by atoms with Gasteiger partial charge in [0.15, 0.2) is 0 Å². The van der Waals surface area contributed by atoms with E-state index in [1.807, 2.05) is 20.8 Å². The van der Waals surface area contributed by atoms with Crippen LogP contribution in [0.25, 0.3) is 0 Å². The number of nitrogens with one attached hydrogen (secondary N) is 1. The highest BCUT2D eigenvalue weighted by molar-refractivity contribution is 4.82. The van der Waals surface area contributed by atoms with Crippen molar-refractivity contribution in [3.05, 3.63) is 0 Å². The van der Waals surface area contributed by atoms with Gasteiger partial charge in [-0.3, -0.25) is 0 Å². The Morgan fingerprint density at radius 2 is 2.21 bits per heavy atom. The summed E-state index contributed by atoms with van der Waals surface area (Å²) in [6, 6.07) is 0.161. The van der Waals surface area contributed by atoms with Gasteiger partial charge in [0, 0.05) is 12.6 Å². The molecule has 2 N–H and O–H groups in total. The first-order chi connectivity index (χ1) is 6.39. The second-order valence-electron chi connectivity index (χ2n) is 5.20. The fourth-order valence-electron chi connectivity index (χ4n) is 1.79. The van der Waals surface area contributed by atoms with Crippen LogP contribution in [0.15, 0.2) is 0 Å². The minimum Gasteiger partial charge on any atom is -0.389 e. The van der Waals surface area contributed by atoms with Crippen LogP contribution in [0.3, 0.4) is 0 Å². The molecule has 1 heterocycles. The number of nitrogens with zero attached hydrogens (tertiary/aromatic N) is 1. The molecule has 0 spiro atoms. The van der Waals surface area contributed by atoms with Crippen molar-refractivity contribution < 1.29 is 5.11 Å². The van der Waals surface area contributed by atoms with Crippen LogP contribution in [0, 0.1) is 5.92 Å². The highest BCUT2D eigenvalue weighted by Gasteiger charge is 2.24.